The summed E-state index contributed by atoms with van der Waals surface area (Å²) in [6.45, 7) is 11.5. The lowest BCUT2D eigenvalue weighted by atomic mass is 9.90. The largest absolute Gasteiger partial charge is 0.479 e. The molecule has 4 aromatic rings. The van der Waals surface area contributed by atoms with E-state index in [-0.39, 0.29) is 6.42 Å². The Hall–Kier alpha value is -3.83. The van der Waals surface area contributed by atoms with Crippen molar-refractivity contribution in [2.75, 3.05) is 5.32 Å². The summed E-state index contributed by atoms with van der Waals surface area (Å²) in [7, 11) is 1.91. The van der Waals surface area contributed by atoms with E-state index in [1.165, 1.54) is 0 Å². The first-order chi connectivity index (χ1) is 18.0. The topological polar surface area (TPSA) is 130 Å². The maximum atomic E-state index is 12.3. The molecule has 0 saturated carbocycles. The molecule has 10 nitrogen and oxygen atoms in total. The number of nitrogens with one attached hydrogen (secondary N) is 1. The fourth-order valence-corrected chi connectivity index (χ4v) is 6.13. The highest BCUT2D eigenvalue weighted by Gasteiger charge is 2.48. The molecule has 38 heavy (non-hydrogen) atoms. The average molecular weight is 534 g/mol. The van der Waals surface area contributed by atoms with Crippen molar-refractivity contribution in [2.24, 2.45) is 12.0 Å². The molecule has 0 spiro atoms. The highest BCUT2D eigenvalue weighted by atomic mass is 32.1. The zero-order chi connectivity index (χ0) is 27.5. The third-order valence-electron chi connectivity index (χ3n) is 7.46. The van der Waals surface area contributed by atoms with E-state index in [4.69, 9.17) is 4.99 Å². The lowest BCUT2D eigenvalue weighted by molar-refractivity contribution is -0.161. The van der Waals surface area contributed by atoms with Crippen LogP contribution in [0.3, 0.4) is 0 Å². The Morgan fingerprint density at radius 1 is 1.13 bits per heavy atom. The summed E-state index contributed by atoms with van der Waals surface area (Å²) in [5, 5.41) is 38.8. The van der Waals surface area contributed by atoms with Gasteiger partial charge in [0, 0.05) is 28.7 Å². The molecule has 198 valence electrons. The van der Waals surface area contributed by atoms with Crippen molar-refractivity contribution >= 4 is 34.4 Å². The number of aliphatic imine (C=N–C) groups is 1. The summed E-state index contributed by atoms with van der Waals surface area (Å²) in [5.41, 5.74) is 4.99. The van der Waals surface area contributed by atoms with E-state index in [2.05, 4.69) is 20.6 Å². The van der Waals surface area contributed by atoms with Gasteiger partial charge in [0.05, 0.1) is 22.8 Å². The minimum absolute atomic E-state index is 0.0476. The van der Waals surface area contributed by atoms with Crippen molar-refractivity contribution in [1.29, 1.82) is 0 Å². The van der Waals surface area contributed by atoms with E-state index in [9.17, 15) is 15.0 Å². The number of carbonyl (C=O) groups is 1. The fraction of sp³-hybridized carbons (Fsp3) is 0.370. The molecule has 4 heterocycles. The first kappa shape index (κ1) is 25.8. The number of benzene rings is 1. The molecule has 1 aliphatic rings. The molecule has 2 atom stereocenters. The molecule has 1 aromatic carbocycles. The normalized spacial score (nSPS) is 16.3. The average Bonchev–Trinajstić information content (AvgIpc) is 3.44. The van der Waals surface area contributed by atoms with Gasteiger partial charge in [-0.3, -0.25) is 14.2 Å². The lowest BCUT2D eigenvalue weighted by Gasteiger charge is -2.28. The van der Waals surface area contributed by atoms with Gasteiger partial charge < -0.3 is 15.5 Å². The summed E-state index contributed by atoms with van der Waals surface area (Å²) < 4.78 is 3.68. The van der Waals surface area contributed by atoms with Gasteiger partial charge in [-0.1, -0.05) is 19.1 Å². The third kappa shape index (κ3) is 3.84. The van der Waals surface area contributed by atoms with E-state index >= 15 is 0 Å². The zero-order valence-corrected chi connectivity index (χ0v) is 23.3. The van der Waals surface area contributed by atoms with E-state index in [1.807, 2.05) is 75.2 Å². The van der Waals surface area contributed by atoms with E-state index < -0.39 is 17.6 Å². The van der Waals surface area contributed by atoms with Gasteiger partial charge in [-0.25, -0.2) is 4.79 Å². The van der Waals surface area contributed by atoms with Crippen LogP contribution in [0.15, 0.2) is 29.3 Å². The molecule has 0 bridgehead atoms. The smallest absolute Gasteiger partial charge is 0.338 e. The number of anilines is 2. The minimum atomic E-state index is -2.16. The maximum Gasteiger partial charge on any atom is 0.338 e. The van der Waals surface area contributed by atoms with Crippen LogP contribution in [0.5, 0.6) is 0 Å². The van der Waals surface area contributed by atoms with Crippen LogP contribution in [0.25, 0.3) is 5.00 Å². The second kappa shape index (κ2) is 9.17. The number of hydrogen-bond donors (Lipinski definition) is 3. The van der Waals surface area contributed by atoms with Crippen LogP contribution in [0.4, 0.5) is 11.4 Å². The summed E-state index contributed by atoms with van der Waals surface area (Å²) in [5.74, 6) is -0.428. The molecule has 1 unspecified atom stereocenters. The fourth-order valence-electron chi connectivity index (χ4n) is 4.91. The number of fused-ring (bicyclic) bond motifs is 3. The number of rotatable bonds is 6. The molecule has 3 aromatic heterocycles. The molecule has 0 saturated heterocycles. The molecular formula is C27H31N7O3S. The Morgan fingerprint density at radius 3 is 2.39 bits per heavy atom. The predicted molar refractivity (Wildman–Crippen MR) is 147 cm³/mol. The van der Waals surface area contributed by atoms with E-state index in [0.717, 1.165) is 49.3 Å². The second-order valence-electron chi connectivity index (χ2n) is 9.74. The summed E-state index contributed by atoms with van der Waals surface area (Å²) in [6, 6.07) is 6.69. The quantitative estimate of drug-likeness (QED) is 0.333. The second-order valence-corrected chi connectivity index (χ2v) is 10.9. The number of carboxylic acid groups (broad SMARTS) is 1. The van der Waals surface area contributed by atoms with Crippen molar-refractivity contribution in [1.82, 2.24) is 24.5 Å². The highest BCUT2D eigenvalue weighted by Crippen LogP contribution is 2.42. The monoisotopic (exact) mass is 533 g/mol. The van der Waals surface area contributed by atoms with Gasteiger partial charge >= 0.3 is 5.97 Å². The molecule has 0 fully saturated rings. The third-order valence-corrected chi connectivity index (χ3v) is 8.65. The zero-order valence-electron chi connectivity index (χ0n) is 22.5. The van der Waals surface area contributed by atoms with Crippen LogP contribution >= 0.6 is 11.3 Å². The molecule has 0 aliphatic carbocycles. The van der Waals surface area contributed by atoms with Crippen LogP contribution < -0.4 is 5.32 Å². The number of thiophene rings is 1. The molecule has 0 radical (unpaired) electrons. The maximum absolute atomic E-state index is 12.3. The number of nitrogens with zero attached hydrogens (tertiary/aromatic N) is 6. The van der Waals surface area contributed by atoms with Gasteiger partial charge in [-0.15, -0.1) is 21.5 Å². The molecule has 1 aliphatic heterocycles. The molecular weight excluding hydrogens is 502 g/mol. The van der Waals surface area contributed by atoms with Gasteiger partial charge in [0.25, 0.3) is 0 Å². The van der Waals surface area contributed by atoms with E-state index in [0.29, 0.717) is 17.4 Å². The molecule has 11 heteroatoms. The molecule has 5 rings (SSSR count). The number of aromatic nitrogens is 5. The van der Waals surface area contributed by atoms with Crippen molar-refractivity contribution in [3.63, 3.8) is 0 Å². The van der Waals surface area contributed by atoms with Gasteiger partial charge in [0.15, 0.2) is 17.5 Å². The Labute approximate surface area is 224 Å². The van der Waals surface area contributed by atoms with Crippen LogP contribution in [-0.2, 0) is 11.8 Å². The van der Waals surface area contributed by atoms with Gasteiger partial charge in [0.1, 0.15) is 10.8 Å². The SMILES string of the molecule is CC[C@@](O)(C(=O)O)C1N=C(c2ccc(Nc3c(C)nn(C)c3C)cc2)c2c(sc(C)c2C)-n2c(C)nnc21. The van der Waals surface area contributed by atoms with Crippen LogP contribution in [0.2, 0.25) is 0 Å². The molecule has 3 N–H and O–H groups in total. The van der Waals surface area contributed by atoms with Gasteiger partial charge in [-0.05, 0) is 58.7 Å². The summed E-state index contributed by atoms with van der Waals surface area (Å²) in [4.78, 5) is 18.4. The predicted octanol–water partition coefficient (Wildman–Crippen LogP) is 4.47. The lowest BCUT2D eigenvalue weighted by Crippen LogP contribution is -2.44. The van der Waals surface area contributed by atoms with Crippen molar-refractivity contribution in [3.05, 3.63) is 68.9 Å². The standard InChI is InChI=1S/C27H31N7O3S/c1-8-27(37,26(35)36)23-24-31-30-17(6)34(24)25-20(13(2)16(5)38-25)22(29-23)18-9-11-19(12-10-18)28-21-14(3)32-33(7)15(21)4/h9-12,23,28,37H,8H2,1-7H3,(H,35,36)/t23?,27-/m0/s1. The number of aliphatic hydroxyl groups is 1. The van der Waals surface area contributed by atoms with Gasteiger partial charge in [-0.2, -0.15) is 5.10 Å². The van der Waals surface area contributed by atoms with Crippen molar-refractivity contribution in [2.45, 2.75) is 59.6 Å². The van der Waals surface area contributed by atoms with Crippen molar-refractivity contribution in [3.8, 4) is 5.00 Å². The van der Waals surface area contributed by atoms with Crippen molar-refractivity contribution < 1.29 is 15.0 Å². The Bertz CT molecular complexity index is 1600. The van der Waals surface area contributed by atoms with Crippen LogP contribution in [0.1, 0.15) is 64.0 Å². The summed E-state index contributed by atoms with van der Waals surface area (Å²) >= 11 is 1.58. The first-order valence-corrected chi connectivity index (χ1v) is 13.2. The number of aryl methyl sites for hydroxylation is 4. The molecule has 0 amide bonds. The van der Waals surface area contributed by atoms with Crippen LogP contribution in [-0.4, -0.2) is 52.0 Å². The van der Waals surface area contributed by atoms with E-state index in [1.54, 1.807) is 18.3 Å². The van der Waals surface area contributed by atoms with Gasteiger partial charge in [0.2, 0.25) is 0 Å². The Morgan fingerprint density at radius 2 is 1.82 bits per heavy atom. The number of carboxylic acids is 1. The summed E-state index contributed by atoms with van der Waals surface area (Å²) in [6.07, 6.45) is -0.0476. The van der Waals surface area contributed by atoms with Crippen LogP contribution in [0, 0.1) is 34.6 Å². The number of aliphatic carboxylic acids is 1. The Balaban J connectivity index is 1.68. The minimum Gasteiger partial charge on any atom is -0.479 e. The highest BCUT2D eigenvalue weighted by molar-refractivity contribution is 7.15. The Kier molecular flexibility index (Phi) is 6.23. The first-order valence-electron chi connectivity index (χ1n) is 12.4. The number of hydrogen-bond acceptors (Lipinski definition) is 8.